The van der Waals surface area contributed by atoms with E-state index in [2.05, 4.69) is 29.1 Å². The van der Waals surface area contributed by atoms with E-state index in [1.807, 2.05) is 36.4 Å². The third-order valence-electron chi connectivity index (χ3n) is 4.73. The summed E-state index contributed by atoms with van der Waals surface area (Å²) in [5.74, 6) is -0.394. The first-order valence-corrected chi connectivity index (χ1v) is 8.79. The lowest BCUT2D eigenvalue weighted by Gasteiger charge is -2.15. The van der Waals surface area contributed by atoms with Crippen molar-refractivity contribution in [2.24, 2.45) is 0 Å². The largest absolute Gasteiger partial charge is 0.507 e. The minimum atomic E-state index is -0.365. The fourth-order valence-electron chi connectivity index (χ4n) is 3.37. The molecule has 26 heavy (non-hydrogen) atoms. The van der Waals surface area contributed by atoms with Crippen molar-refractivity contribution < 1.29 is 9.90 Å². The van der Waals surface area contributed by atoms with Gasteiger partial charge >= 0.3 is 0 Å². The molecular weight excluding hydrogens is 324 g/mol. The zero-order valence-corrected chi connectivity index (χ0v) is 14.3. The number of aryl methyl sites for hydroxylation is 1. The van der Waals surface area contributed by atoms with Gasteiger partial charge in [0, 0.05) is 5.56 Å². The van der Waals surface area contributed by atoms with Crippen molar-refractivity contribution in [1.29, 1.82) is 0 Å². The van der Waals surface area contributed by atoms with Gasteiger partial charge in [0.2, 0.25) is 0 Å². The quantitative estimate of drug-likeness (QED) is 0.625. The average Bonchev–Trinajstić information content (AvgIpc) is 2.88. The Labute approximate surface area is 152 Å². The molecule has 0 unspecified atom stereocenters. The van der Waals surface area contributed by atoms with Crippen LogP contribution in [0.1, 0.15) is 34.3 Å². The van der Waals surface area contributed by atoms with Crippen molar-refractivity contribution in [3.8, 4) is 5.75 Å². The average molecular weight is 344 g/mol. The Morgan fingerprint density at radius 3 is 2.54 bits per heavy atom. The van der Waals surface area contributed by atoms with E-state index < -0.39 is 0 Å². The maximum absolute atomic E-state index is 12.6. The molecule has 0 heterocycles. The maximum atomic E-state index is 12.6. The lowest BCUT2D eigenvalue weighted by molar-refractivity contribution is 0.0940. The fraction of sp³-hybridized carbons (Fsp3) is 0.136. The molecule has 1 amide bonds. The van der Waals surface area contributed by atoms with Crippen molar-refractivity contribution >= 4 is 22.4 Å². The lowest BCUT2D eigenvalue weighted by Crippen LogP contribution is -2.36. The predicted molar refractivity (Wildman–Crippen MR) is 104 cm³/mol. The molecule has 4 heteroatoms. The van der Waals surface area contributed by atoms with Crippen molar-refractivity contribution in [2.45, 2.75) is 19.3 Å². The van der Waals surface area contributed by atoms with Crippen LogP contribution in [0.25, 0.3) is 16.5 Å². The standard InChI is InChI=1S/C22H20N2O2/c25-21-14-17-10-2-1-9-16(17)13-19(21)22(26)24-23-20-12-6-4-8-15-7-3-5-11-18(15)20/h1-3,5,7,9-14,23,25H,4,6,8H2,(H,24,26). The molecule has 0 aliphatic heterocycles. The number of carbonyl (C=O) groups is 1. The maximum Gasteiger partial charge on any atom is 0.273 e. The predicted octanol–water partition coefficient (Wildman–Crippen LogP) is 4.16. The summed E-state index contributed by atoms with van der Waals surface area (Å²) < 4.78 is 0. The van der Waals surface area contributed by atoms with Crippen LogP contribution < -0.4 is 10.9 Å². The topological polar surface area (TPSA) is 61.4 Å². The van der Waals surface area contributed by atoms with Gasteiger partial charge in [-0.1, -0.05) is 54.6 Å². The van der Waals surface area contributed by atoms with Crippen LogP contribution in [0.2, 0.25) is 0 Å². The van der Waals surface area contributed by atoms with Gasteiger partial charge in [-0.2, -0.15) is 0 Å². The lowest BCUT2D eigenvalue weighted by atomic mass is 10.0. The molecule has 4 rings (SSSR count). The van der Waals surface area contributed by atoms with Gasteiger partial charge in [0.1, 0.15) is 5.75 Å². The van der Waals surface area contributed by atoms with Gasteiger partial charge in [-0.25, -0.2) is 0 Å². The number of fused-ring (bicyclic) bond motifs is 2. The third-order valence-corrected chi connectivity index (χ3v) is 4.73. The van der Waals surface area contributed by atoms with E-state index in [0.29, 0.717) is 0 Å². The second-order valence-electron chi connectivity index (χ2n) is 6.46. The monoisotopic (exact) mass is 344 g/mol. The highest BCUT2D eigenvalue weighted by molar-refractivity contribution is 6.01. The van der Waals surface area contributed by atoms with Gasteiger partial charge in [0.05, 0.1) is 11.3 Å². The van der Waals surface area contributed by atoms with Gasteiger partial charge in [0.25, 0.3) is 5.91 Å². The van der Waals surface area contributed by atoms with E-state index in [1.165, 1.54) is 5.56 Å². The van der Waals surface area contributed by atoms with E-state index in [9.17, 15) is 9.90 Å². The van der Waals surface area contributed by atoms with Gasteiger partial charge in [0.15, 0.2) is 0 Å². The smallest absolute Gasteiger partial charge is 0.273 e. The molecule has 0 bridgehead atoms. The molecular formula is C22H20N2O2. The van der Waals surface area contributed by atoms with Crippen LogP contribution in [0.4, 0.5) is 0 Å². The number of carbonyl (C=O) groups excluding carboxylic acids is 1. The Balaban J connectivity index is 1.56. The molecule has 0 atom stereocenters. The molecule has 0 aromatic heterocycles. The van der Waals surface area contributed by atoms with Gasteiger partial charge in [-0.15, -0.1) is 0 Å². The summed E-state index contributed by atoms with van der Waals surface area (Å²) in [6.45, 7) is 0. The molecule has 0 saturated heterocycles. The Hall–Kier alpha value is -3.27. The van der Waals surface area contributed by atoms with E-state index in [0.717, 1.165) is 41.3 Å². The van der Waals surface area contributed by atoms with E-state index in [-0.39, 0.29) is 17.2 Å². The molecule has 0 saturated carbocycles. The SMILES string of the molecule is O=C(NNC1=CCCCc2ccccc21)c1cc2ccccc2cc1O. The Bertz CT molecular complexity index is 1010. The highest BCUT2D eigenvalue weighted by atomic mass is 16.3. The summed E-state index contributed by atoms with van der Waals surface area (Å²) >= 11 is 0. The first-order chi connectivity index (χ1) is 12.7. The van der Waals surface area contributed by atoms with Crippen LogP contribution in [0.15, 0.2) is 66.7 Å². The molecule has 0 radical (unpaired) electrons. The van der Waals surface area contributed by atoms with Crippen molar-refractivity contribution in [3.63, 3.8) is 0 Å². The van der Waals surface area contributed by atoms with Crippen LogP contribution >= 0.6 is 0 Å². The van der Waals surface area contributed by atoms with Crippen molar-refractivity contribution in [3.05, 3.63) is 83.4 Å². The summed E-state index contributed by atoms with van der Waals surface area (Å²) in [6, 6.07) is 19.2. The van der Waals surface area contributed by atoms with Crippen LogP contribution in [0, 0.1) is 0 Å². The second kappa shape index (κ2) is 6.92. The molecule has 0 spiro atoms. The number of phenols is 1. The minimum absolute atomic E-state index is 0.0294. The van der Waals surface area contributed by atoms with E-state index >= 15 is 0 Å². The number of nitrogens with one attached hydrogen (secondary N) is 2. The number of allylic oxidation sites excluding steroid dienone is 1. The van der Waals surface area contributed by atoms with Crippen molar-refractivity contribution in [2.75, 3.05) is 0 Å². The summed E-state index contributed by atoms with van der Waals surface area (Å²) in [5.41, 5.74) is 9.29. The van der Waals surface area contributed by atoms with Gasteiger partial charge < -0.3 is 5.11 Å². The first-order valence-electron chi connectivity index (χ1n) is 8.79. The van der Waals surface area contributed by atoms with Crippen LogP contribution in [-0.2, 0) is 6.42 Å². The summed E-state index contributed by atoms with van der Waals surface area (Å²) in [6.07, 6.45) is 5.17. The number of hydrogen-bond acceptors (Lipinski definition) is 3. The summed E-state index contributed by atoms with van der Waals surface area (Å²) in [4.78, 5) is 12.6. The molecule has 130 valence electrons. The van der Waals surface area contributed by atoms with E-state index in [1.54, 1.807) is 12.1 Å². The van der Waals surface area contributed by atoms with E-state index in [4.69, 9.17) is 0 Å². The van der Waals surface area contributed by atoms with Gasteiger partial charge in [-0.05, 0) is 47.7 Å². The van der Waals surface area contributed by atoms with Crippen LogP contribution in [-0.4, -0.2) is 11.0 Å². The number of rotatable bonds is 3. The Kier molecular flexibility index (Phi) is 4.32. The summed E-state index contributed by atoms with van der Waals surface area (Å²) in [7, 11) is 0. The molecule has 4 nitrogen and oxygen atoms in total. The molecule has 3 N–H and O–H groups in total. The number of benzene rings is 3. The molecule has 0 fully saturated rings. The molecule has 3 aromatic rings. The van der Waals surface area contributed by atoms with Crippen LogP contribution in [0.5, 0.6) is 5.75 Å². The second-order valence-corrected chi connectivity index (χ2v) is 6.46. The number of hydrogen-bond donors (Lipinski definition) is 3. The molecule has 3 aromatic carbocycles. The number of amides is 1. The fourth-order valence-corrected chi connectivity index (χ4v) is 3.37. The zero-order valence-electron chi connectivity index (χ0n) is 14.3. The van der Waals surface area contributed by atoms with Crippen molar-refractivity contribution in [1.82, 2.24) is 10.9 Å². The van der Waals surface area contributed by atoms with Gasteiger partial charge in [-0.3, -0.25) is 15.6 Å². The first kappa shape index (κ1) is 16.2. The normalized spacial score (nSPS) is 13.5. The minimum Gasteiger partial charge on any atom is -0.507 e. The van der Waals surface area contributed by atoms with Crippen LogP contribution in [0.3, 0.4) is 0 Å². The third kappa shape index (κ3) is 3.14. The highest BCUT2D eigenvalue weighted by Crippen LogP contribution is 2.26. The Morgan fingerprint density at radius 2 is 1.69 bits per heavy atom. The zero-order chi connectivity index (χ0) is 17.9. The number of hydrazine groups is 1. The molecule has 1 aliphatic rings. The number of phenolic OH excluding ortho intramolecular Hbond substituents is 1. The Morgan fingerprint density at radius 1 is 0.962 bits per heavy atom. The summed E-state index contributed by atoms with van der Waals surface area (Å²) in [5, 5.41) is 12.0. The highest BCUT2D eigenvalue weighted by Gasteiger charge is 2.15. The number of aromatic hydroxyl groups is 1. The molecule has 1 aliphatic carbocycles.